The van der Waals surface area contributed by atoms with Crippen LogP contribution < -0.4 is 5.32 Å². The summed E-state index contributed by atoms with van der Waals surface area (Å²) in [6, 6.07) is 0. The predicted molar refractivity (Wildman–Crippen MR) is 77.4 cm³/mol. The number of nitrogens with zero attached hydrogens (tertiary/aromatic N) is 3. The van der Waals surface area contributed by atoms with E-state index < -0.39 is 0 Å². The van der Waals surface area contributed by atoms with Gasteiger partial charge in [0.1, 0.15) is 6.17 Å². The molecule has 4 heteroatoms. The normalized spacial score (nSPS) is 26.2. The Labute approximate surface area is 116 Å². The third-order valence-electron chi connectivity index (χ3n) is 4.89. The van der Waals surface area contributed by atoms with Gasteiger partial charge in [0.05, 0.1) is 5.69 Å². The summed E-state index contributed by atoms with van der Waals surface area (Å²) in [6.07, 6.45) is 5.53. The molecule has 0 radical (unpaired) electrons. The van der Waals surface area contributed by atoms with Crippen LogP contribution in [0.2, 0.25) is 0 Å². The van der Waals surface area contributed by atoms with Gasteiger partial charge in [0.15, 0.2) is 0 Å². The highest BCUT2D eigenvalue weighted by atomic mass is 15.4. The first-order chi connectivity index (χ1) is 9.18. The molecule has 106 valence electrons. The molecule has 1 aromatic heterocycles. The first-order valence-corrected chi connectivity index (χ1v) is 7.65. The van der Waals surface area contributed by atoms with Crippen molar-refractivity contribution in [1.82, 2.24) is 20.0 Å². The van der Waals surface area contributed by atoms with Gasteiger partial charge in [-0.1, -0.05) is 0 Å². The molecule has 0 amide bonds. The van der Waals surface area contributed by atoms with Gasteiger partial charge in [-0.15, -0.1) is 0 Å². The molecule has 2 aliphatic heterocycles. The number of aromatic nitrogens is 2. The van der Waals surface area contributed by atoms with E-state index in [1.54, 1.807) is 0 Å². The van der Waals surface area contributed by atoms with Crippen LogP contribution in [0.15, 0.2) is 0 Å². The van der Waals surface area contributed by atoms with Crippen LogP contribution in [0.1, 0.15) is 54.7 Å². The predicted octanol–water partition coefficient (Wildman–Crippen LogP) is 2.19. The fourth-order valence-corrected chi connectivity index (χ4v) is 3.87. The minimum atomic E-state index is 0.481. The monoisotopic (exact) mass is 262 g/mol. The summed E-state index contributed by atoms with van der Waals surface area (Å²) in [6.45, 7) is 7.96. The molecule has 0 spiro atoms. The van der Waals surface area contributed by atoms with E-state index in [1.165, 1.54) is 49.2 Å². The molecule has 2 aliphatic rings. The van der Waals surface area contributed by atoms with Crippen LogP contribution in [0, 0.1) is 13.8 Å². The van der Waals surface area contributed by atoms with Crippen molar-refractivity contribution in [3.05, 3.63) is 17.0 Å². The Morgan fingerprint density at radius 2 is 1.89 bits per heavy atom. The molecule has 4 nitrogen and oxygen atoms in total. The van der Waals surface area contributed by atoms with Gasteiger partial charge in [-0.3, -0.25) is 9.58 Å². The molecule has 1 aromatic rings. The second-order valence-electron chi connectivity index (χ2n) is 6.16. The van der Waals surface area contributed by atoms with Crippen LogP contribution in [0.3, 0.4) is 0 Å². The Morgan fingerprint density at radius 1 is 1.16 bits per heavy atom. The second kappa shape index (κ2) is 5.25. The van der Waals surface area contributed by atoms with Crippen molar-refractivity contribution in [1.29, 1.82) is 0 Å². The van der Waals surface area contributed by atoms with Crippen molar-refractivity contribution in [2.45, 2.75) is 51.6 Å². The van der Waals surface area contributed by atoms with Gasteiger partial charge < -0.3 is 5.32 Å². The lowest BCUT2D eigenvalue weighted by molar-refractivity contribution is 0.216. The van der Waals surface area contributed by atoms with Crippen LogP contribution in [0.4, 0.5) is 0 Å². The van der Waals surface area contributed by atoms with Gasteiger partial charge in [0.25, 0.3) is 0 Å². The van der Waals surface area contributed by atoms with Crippen LogP contribution in [-0.2, 0) is 0 Å². The maximum atomic E-state index is 4.87. The summed E-state index contributed by atoms with van der Waals surface area (Å²) >= 11 is 0. The van der Waals surface area contributed by atoms with E-state index >= 15 is 0 Å². The lowest BCUT2D eigenvalue weighted by Crippen LogP contribution is -2.27. The minimum absolute atomic E-state index is 0.481. The van der Waals surface area contributed by atoms with Crippen LogP contribution in [0.5, 0.6) is 0 Å². The van der Waals surface area contributed by atoms with Gasteiger partial charge in [-0.05, 0) is 77.7 Å². The van der Waals surface area contributed by atoms with Crippen molar-refractivity contribution in [3.63, 3.8) is 0 Å². The molecule has 2 fully saturated rings. The molecule has 0 aliphatic carbocycles. The zero-order chi connectivity index (χ0) is 13.4. The molecule has 1 atom stereocenters. The second-order valence-corrected chi connectivity index (χ2v) is 6.16. The fourth-order valence-electron chi connectivity index (χ4n) is 3.87. The standard InChI is InChI=1S/C15H26N4/c1-11-15(13-6-8-16-9-7-13)12(2)19(17-11)14-5-4-10-18(14)3/h13-14,16H,4-10H2,1-3H3. The molecule has 2 saturated heterocycles. The van der Waals surface area contributed by atoms with Gasteiger partial charge in [-0.2, -0.15) is 5.10 Å². The summed E-state index contributed by atoms with van der Waals surface area (Å²) in [5.41, 5.74) is 4.19. The highest BCUT2D eigenvalue weighted by Gasteiger charge is 2.29. The average Bonchev–Trinajstić information content (AvgIpc) is 2.94. The summed E-state index contributed by atoms with van der Waals surface area (Å²) in [5, 5.41) is 8.33. The molecule has 3 rings (SSSR count). The van der Waals surface area contributed by atoms with Gasteiger partial charge in [-0.25, -0.2) is 0 Å². The molecular formula is C15H26N4. The molecule has 0 bridgehead atoms. The zero-order valence-corrected chi connectivity index (χ0v) is 12.4. The molecule has 1 N–H and O–H groups in total. The maximum absolute atomic E-state index is 4.87. The highest BCUT2D eigenvalue weighted by Crippen LogP contribution is 2.34. The Hall–Kier alpha value is -0.870. The van der Waals surface area contributed by atoms with Crippen molar-refractivity contribution < 1.29 is 0 Å². The Bertz CT molecular complexity index is 445. The Morgan fingerprint density at radius 3 is 2.53 bits per heavy atom. The number of likely N-dealkylation sites (tertiary alicyclic amines) is 1. The van der Waals surface area contributed by atoms with E-state index in [-0.39, 0.29) is 0 Å². The first-order valence-electron chi connectivity index (χ1n) is 7.65. The van der Waals surface area contributed by atoms with E-state index in [2.05, 4.69) is 35.8 Å². The van der Waals surface area contributed by atoms with Crippen molar-refractivity contribution in [2.24, 2.45) is 0 Å². The van der Waals surface area contributed by atoms with Gasteiger partial charge in [0, 0.05) is 5.69 Å². The lowest BCUT2D eigenvalue weighted by atomic mass is 9.89. The van der Waals surface area contributed by atoms with E-state index in [9.17, 15) is 0 Å². The molecule has 0 aromatic carbocycles. The molecule has 0 saturated carbocycles. The Balaban J connectivity index is 1.91. The third-order valence-corrected chi connectivity index (χ3v) is 4.89. The summed E-state index contributed by atoms with van der Waals surface area (Å²) in [5.74, 6) is 0.710. The molecule has 19 heavy (non-hydrogen) atoms. The quantitative estimate of drug-likeness (QED) is 0.887. The molecular weight excluding hydrogens is 236 g/mol. The third kappa shape index (κ3) is 2.32. The zero-order valence-electron chi connectivity index (χ0n) is 12.4. The van der Waals surface area contributed by atoms with E-state index in [4.69, 9.17) is 5.10 Å². The van der Waals surface area contributed by atoms with E-state index in [1.807, 2.05) is 0 Å². The van der Waals surface area contributed by atoms with E-state index in [0.717, 1.165) is 13.1 Å². The smallest absolute Gasteiger partial charge is 0.104 e. The summed E-state index contributed by atoms with van der Waals surface area (Å²) in [4.78, 5) is 2.44. The number of nitrogens with one attached hydrogen (secondary N) is 1. The molecule has 3 heterocycles. The van der Waals surface area contributed by atoms with Crippen LogP contribution in [0.25, 0.3) is 0 Å². The summed E-state index contributed by atoms with van der Waals surface area (Å²) < 4.78 is 2.29. The summed E-state index contributed by atoms with van der Waals surface area (Å²) in [7, 11) is 2.22. The number of rotatable bonds is 2. The fraction of sp³-hybridized carbons (Fsp3) is 0.800. The van der Waals surface area contributed by atoms with Crippen molar-refractivity contribution >= 4 is 0 Å². The number of piperidine rings is 1. The Kier molecular flexibility index (Phi) is 3.63. The average molecular weight is 262 g/mol. The van der Waals surface area contributed by atoms with E-state index in [0.29, 0.717) is 12.1 Å². The molecule has 1 unspecified atom stereocenters. The SMILES string of the molecule is Cc1nn(C2CCCN2C)c(C)c1C1CCNCC1. The first kappa shape index (κ1) is 13.1. The highest BCUT2D eigenvalue weighted by molar-refractivity contribution is 5.29. The number of hydrogen-bond acceptors (Lipinski definition) is 3. The largest absolute Gasteiger partial charge is 0.317 e. The number of hydrogen-bond donors (Lipinski definition) is 1. The van der Waals surface area contributed by atoms with Crippen LogP contribution in [-0.4, -0.2) is 41.4 Å². The number of aryl methyl sites for hydroxylation is 1. The minimum Gasteiger partial charge on any atom is -0.317 e. The van der Waals surface area contributed by atoms with Crippen molar-refractivity contribution in [2.75, 3.05) is 26.7 Å². The van der Waals surface area contributed by atoms with Crippen LogP contribution >= 0.6 is 0 Å². The van der Waals surface area contributed by atoms with Gasteiger partial charge >= 0.3 is 0 Å². The topological polar surface area (TPSA) is 33.1 Å². The maximum Gasteiger partial charge on any atom is 0.104 e. The van der Waals surface area contributed by atoms with Crippen molar-refractivity contribution in [3.8, 4) is 0 Å². The lowest BCUT2D eigenvalue weighted by Gasteiger charge is -2.24. The van der Waals surface area contributed by atoms with Gasteiger partial charge in [0.2, 0.25) is 0 Å².